The molecule has 21 heavy (non-hydrogen) atoms. The van der Waals surface area contributed by atoms with Crippen molar-refractivity contribution in [3.05, 3.63) is 29.3 Å². The van der Waals surface area contributed by atoms with Gasteiger partial charge in [-0.15, -0.1) is 0 Å². The maximum absolute atomic E-state index is 5.93. The van der Waals surface area contributed by atoms with Gasteiger partial charge in [0.15, 0.2) is 0 Å². The fourth-order valence-electron chi connectivity index (χ4n) is 4.06. The van der Waals surface area contributed by atoms with Crippen LogP contribution in [0.25, 0.3) is 0 Å². The number of nitrogens with two attached hydrogens (primary N) is 1. The molecule has 3 heteroatoms. The Kier molecular flexibility index (Phi) is 4.51. The molecule has 3 nitrogen and oxygen atoms in total. The van der Waals surface area contributed by atoms with Gasteiger partial charge < -0.3 is 10.5 Å². The van der Waals surface area contributed by atoms with E-state index in [1.807, 2.05) is 0 Å². The van der Waals surface area contributed by atoms with Gasteiger partial charge in [-0.2, -0.15) is 0 Å². The first-order valence-corrected chi connectivity index (χ1v) is 8.35. The van der Waals surface area contributed by atoms with Gasteiger partial charge >= 0.3 is 0 Å². The Hall–Kier alpha value is -1.06. The number of hydrogen-bond donors (Lipinski definition) is 1. The van der Waals surface area contributed by atoms with Crippen molar-refractivity contribution >= 4 is 0 Å². The van der Waals surface area contributed by atoms with E-state index in [1.54, 1.807) is 7.11 Å². The van der Waals surface area contributed by atoms with Crippen LogP contribution in [-0.4, -0.2) is 31.1 Å². The molecule has 0 spiro atoms. The molecule has 1 aliphatic carbocycles. The van der Waals surface area contributed by atoms with Crippen molar-refractivity contribution in [2.45, 2.75) is 51.1 Å². The Morgan fingerprint density at radius 1 is 1.29 bits per heavy atom. The lowest BCUT2D eigenvalue weighted by Crippen LogP contribution is -2.46. The molecule has 116 valence electrons. The molecule has 2 aliphatic rings. The first-order valence-electron chi connectivity index (χ1n) is 8.35. The van der Waals surface area contributed by atoms with Gasteiger partial charge in [-0.1, -0.05) is 6.07 Å². The highest BCUT2D eigenvalue weighted by atomic mass is 16.5. The highest BCUT2D eigenvalue weighted by Crippen LogP contribution is 2.39. The highest BCUT2D eigenvalue weighted by molar-refractivity contribution is 5.39. The second kappa shape index (κ2) is 6.37. The minimum Gasteiger partial charge on any atom is -0.497 e. The standard InChI is InChI=1S/C18H28N2O/c1-13-6-7-14(11-19)12-20(13)18-5-3-4-15-8-9-16(21-2)10-17(15)18/h8-10,13-14,18H,3-7,11-12,19H2,1-2H3. The van der Waals surface area contributed by atoms with E-state index in [0.29, 0.717) is 18.0 Å². The van der Waals surface area contributed by atoms with E-state index in [-0.39, 0.29) is 0 Å². The van der Waals surface area contributed by atoms with Crippen LogP contribution in [0.5, 0.6) is 5.75 Å². The first kappa shape index (κ1) is 14.9. The van der Waals surface area contributed by atoms with Gasteiger partial charge in [0.2, 0.25) is 0 Å². The van der Waals surface area contributed by atoms with Crippen LogP contribution in [0.1, 0.15) is 49.8 Å². The number of likely N-dealkylation sites (tertiary alicyclic amines) is 1. The Bertz CT molecular complexity index is 488. The molecular weight excluding hydrogens is 260 g/mol. The van der Waals surface area contributed by atoms with Gasteiger partial charge in [0.1, 0.15) is 5.75 Å². The van der Waals surface area contributed by atoms with Gasteiger partial charge in [0.25, 0.3) is 0 Å². The van der Waals surface area contributed by atoms with Crippen LogP contribution in [0.15, 0.2) is 18.2 Å². The van der Waals surface area contributed by atoms with Gasteiger partial charge in [-0.05, 0) is 74.8 Å². The Morgan fingerprint density at radius 2 is 2.14 bits per heavy atom. The maximum Gasteiger partial charge on any atom is 0.119 e. The minimum absolute atomic E-state index is 0.549. The van der Waals surface area contributed by atoms with E-state index in [2.05, 4.69) is 30.0 Å². The smallest absolute Gasteiger partial charge is 0.119 e. The molecule has 3 rings (SSSR count). The number of fused-ring (bicyclic) bond motifs is 1. The average Bonchev–Trinajstić information content (AvgIpc) is 2.54. The fraction of sp³-hybridized carbons (Fsp3) is 0.667. The molecule has 1 aromatic rings. The summed E-state index contributed by atoms with van der Waals surface area (Å²) in [6.07, 6.45) is 6.32. The first-order chi connectivity index (χ1) is 10.2. The molecule has 0 amide bonds. The van der Waals surface area contributed by atoms with E-state index >= 15 is 0 Å². The third kappa shape index (κ3) is 2.95. The molecule has 3 atom stereocenters. The van der Waals surface area contributed by atoms with E-state index in [0.717, 1.165) is 18.8 Å². The van der Waals surface area contributed by atoms with Crippen molar-refractivity contribution in [1.29, 1.82) is 0 Å². The number of aryl methyl sites for hydroxylation is 1. The van der Waals surface area contributed by atoms with Gasteiger partial charge in [-0.3, -0.25) is 4.90 Å². The van der Waals surface area contributed by atoms with Crippen molar-refractivity contribution in [3.63, 3.8) is 0 Å². The van der Waals surface area contributed by atoms with Crippen LogP contribution in [0.4, 0.5) is 0 Å². The van der Waals surface area contributed by atoms with Crippen LogP contribution in [0.3, 0.4) is 0 Å². The predicted molar refractivity (Wildman–Crippen MR) is 86.6 cm³/mol. The lowest BCUT2D eigenvalue weighted by Gasteiger charge is -2.44. The van der Waals surface area contributed by atoms with E-state index in [1.165, 1.54) is 43.2 Å². The SMILES string of the molecule is COc1ccc2c(c1)C(N1CC(CN)CCC1C)CCC2. The van der Waals surface area contributed by atoms with Crippen LogP contribution in [-0.2, 0) is 6.42 Å². The van der Waals surface area contributed by atoms with E-state index in [4.69, 9.17) is 10.5 Å². The average molecular weight is 288 g/mol. The quantitative estimate of drug-likeness (QED) is 0.928. The topological polar surface area (TPSA) is 38.5 Å². The second-order valence-corrected chi connectivity index (χ2v) is 6.70. The van der Waals surface area contributed by atoms with Gasteiger partial charge in [-0.25, -0.2) is 0 Å². The van der Waals surface area contributed by atoms with Gasteiger partial charge in [0, 0.05) is 18.6 Å². The Labute approximate surface area is 128 Å². The predicted octanol–water partition coefficient (Wildman–Crippen LogP) is 3.13. The molecule has 0 bridgehead atoms. The van der Waals surface area contributed by atoms with Crippen LogP contribution < -0.4 is 10.5 Å². The molecule has 1 aliphatic heterocycles. The van der Waals surface area contributed by atoms with Crippen LogP contribution >= 0.6 is 0 Å². The summed E-state index contributed by atoms with van der Waals surface area (Å²) in [7, 11) is 1.76. The summed E-state index contributed by atoms with van der Waals surface area (Å²) in [4.78, 5) is 2.71. The molecular formula is C18H28N2O. The lowest BCUT2D eigenvalue weighted by atomic mass is 9.83. The molecule has 0 aromatic heterocycles. The molecule has 3 unspecified atom stereocenters. The number of nitrogens with zero attached hydrogens (tertiary/aromatic N) is 1. The van der Waals surface area contributed by atoms with Gasteiger partial charge in [0.05, 0.1) is 7.11 Å². The van der Waals surface area contributed by atoms with E-state index < -0.39 is 0 Å². The van der Waals surface area contributed by atoms with Crippen molar-refractivity contribution in [1.82, 2.24) is 4.90 Å². The third-order valence-corrected chi connectivity index (χ3v) is 5.40. The van der Waals surface area contributed by atoms with Crippen molar-refractivity contribution in [2.75, 3.05) is 20.2 Å². The summed E-state index contributed by atoms with van der Waals surface area (Å²) in [5.74, 6) is 1.65. The van der Waals surface area contributed by atoms with Crippen molar-refractivity contribution in [3.8, 4) is 5.75 Å². The number of hydrogen-bond acceptors (Lipinski definition) is 3. The monoisotopic (exact) mass is 288 g/mol. The summed E-state index contributed by atoms with van der Waals surface area (Å²) in [6, 6.07) is 7.83. The third-order valence-electron chi connectivity index (χ3n) is 5.40. The largest absolute Gasteiger partial charge is 0.497 e. The fourth-order valence-corrected chi connectivity index (χ4v) is 4.06. The van der Waals surface area contributed by atoms with E-state index in [9.17, 15) is 0 Å². The molecule has 0 saturated carbocycles. The van der Waals surface area contributed by atoms with Crippen LogP contribution in [0.2, 0.25) is 0 Å². The maximum atomic E-state index is 5.93. The Morgan fingerprint density at radius 3 is 2.90 bits per heavy atom. The van der Waals surface area contributed by atoms with Crippen LogP contribution in [0, 0.1) is 5.92 Å². The lowest BCUT2D eigenvalue weighted by molar-refractivity contribution is 0.0647. The molecule has 1 fully saturated rings. The number of ether oxygens (including phenoxy) is 1. The normalized spacial score (nSPS) is 30.0. The number of benzene rings is 1. The molecule has 2 N–H and O–H groups in total. The summed E-state index contributed by atoms with van der Waals surface area (Å²) < 4.78 is 5.45. The molecule has 1 saturated heterocycles. The van der Waals surface area contributed by atoms with Crippen molar-refractivity contribution in [2.24, 2.45) is 11.7 Å². The zero-order chi connectivity index (χ0) is 14.8. The zero-order valence-corrected chi connectivity index (χ0v) is 13.3. The summed E-state index contributed by atoms with van der Waals surface area (Å²) >= 11 is 0. The Balaban J connectivity index is 1.89. The summed E-state index contributed by atoms with van der Waals surface area (Å²) in [5, 5.41) is 0. The summed E-state index contributed by atoms with van der Waals surface area (Å²) in [6.45, 7) is 4.35. The van der Waals surface area contributed by atoms with Crippen molar-refractivity contribution < 1.29 is 4.74 Å². The minimum atomic E-state index is 0.549. The second-order valence-electron chi connectivity index (χ2n) is 6.70. The number of piperidine rings is 1. The zero-order valence-electron chi connectivity index (χ0n) is 13.3. The highest BCUT2D eigenvalue weighted by Gasteiger charge is 2.33. The molecule has 0 radical (unpaired) electrons. The number of rotatable bonds is 3. The number of methoxy groups -OCH3 is 1. The molecule has 1 aromatic carbocycles. The molecule has 1 heterocycles. The summed E-state index contributed by atoms with van der Waals surface area (Å²) in [5.41, 5.74) is 8.93.